The van der Waals surface area contributed by atoms with E-state index >= 15 is 0 Å². The second-order valence-electron chi connectivity index (χ2n) is 7.29. The Morgan fingerprint density at radius 1 is 0.966 bits per heavy atom. The van der Waals surface area contributed by atoms with Gasteiger partial charge in [0.2, 0.25) is 0 Å². The van der Waals surface area contributed by atoms with Crippen LogP contribution >= 0.6 is 24.0 Å². The molecule has 29 heavy (non-hydrogen) atoms. The SMILES string of the molecule is CCOCCCNC(=NC)NCCCCN1CCN(Cc2ccccc2)CC1.I. The van der Waals surface area contributed by atoms with Gasteiger partial charge in [-0.3, -0.25) is 9.89 Å². The van der Waals surface area contributed by atoms with Crippen LogP contribution in [0, 0.1) is 0 Å². The predicted octanol–water partition coefficient (Wildman–Crippen LogP) is 2.79. The van der Waals surface area contributed by atoms with Crippen molar-refractivity contribution in [2.75, 3.05) is 66.1 Å². The summed E-state index contributed by atoms with van der Waals surface area (Å²) in [6.07, 6.45) is 3.40. The lowest BCUT2D eigenvalue weighted by Gasteiger charge is -2.34. The topological polar surface area (TPSA) is 52.1 Å². The number of hydrogen-bond acceptors (Lipinski definition) is 4. The summed E-state index contributed by atoms with van der Waals surface area (Å²) >= 11 is 0. The van der Waals surface area contributed by atoms with Crippen molar-refractivity contribution in [2.45, 2.75) is 32.7 Å². The molecule has 0 unspecified atom stereocenters. The van der Waals surface area contributed by atoms with Gasteiger partial charge < -0.3 is 20.3 Å². The second kappa shape index (κ2) is 16.8. The van der Waals surface area contributed by atoms with Crippen molar-refractivity contribution < 1.29 is 4.74 Å². The summed E-state index contributed by atoms with van der Waals surface area (Å²) in [6, 6.07) is 10.8. The van der Waals surface area contributed by atoms with Crippen molar-refractivity contribution >= 4 is 29.9 Å². The number of piperazine rings is 1. The van der Waals surface area contributed by atoms with Crippen LogP contribution < -0.4 is 10.6 Å². The molecule has 0 spiro atoms. The minimum atomic E-state index is 0. The van der Waals surface area contributed by atoms with E-state index in [0.29, 0.717) is 0 Å². The fourth-order valence-corrected chi connectivity index (χ4v) is 3.43. The van der Waals surface area contributed by atoms with E-state index in [2.05, 4.69) is 55.8 Å². The standard InChI is InChI=1S/C22H39N5O.HI/c1-3-28-19-9-13-25-22(23-2)24-12-7-8-14-26-15-17-27(18-16-26)20-21-10-5-4-6-11-21;/h4-6,10-11H,3,7-9,12-20H2,1-2H3,(H2,23,24,25);1H. The number of unbranched alkanes of at least 4 members (excludes halogenated alkanes) is 1. The number of benzene rings is 1. The number of hydrogen-bond donors (Lipinski definition) is 2. The van der Waals surface area contributed by atoms with Crippen LogP contribution in [-0.2, 0) is 11.3 Å². The van der Waals surface area contributed by atoms with E-state index in [4.69, 9.17) is 4.74 Å². The molecule has 2 N–H and O–H groups in total. The molecule has 0 aliphatic carbocycles. The minimum Gasteiger partial charge on any atom is -0.382 e. The molecule has 1 saturated heterocycles. The molecule has 1 aliphatic heterocycles. The molecule has 7 heteroatoms. The molecule has 0 atom stereocenters. The Labute approximate surface area is 194 Å². The summed E-state index contributed by atoms with van der Waals surface area (Å²) in [5, 5.41) is 6.74. The molecule has 6 nitrogen and oxygen atoms in total. The molecule has 0 bridgehead atoms. The van der Waals surface area contributed by atoms with Gasteiger partial charge in [-0.15, -0.1) is 24.0 Å². The highest BCUT2D eigenvalue weighted by atomic mass is 127. The fourth-order valence-electron chi connectivity index (χ4n) is 3.43. The Morgan fingerprint density at radius 2 is 1.62 bits per heavy atom. The lowest BCUT2D eigenvalue weighted by atomic mass is 10.2. The van der Waals surface area contributed by atoms with E-state index in [1.165, 1.54) is 51.1 Å². The third-order valence-corrected chi connectivity index (χ3v) is 5.09. The van der Waals surface area contributed by atoms with E-state index in [0.717, 1.165) is 45.2 Å². The smallest absolute Gasteiger partial charge is 0.190 e. The quantitative estimate of drug-likeness (QED) is 0.193. The molecule has 0 aromatic heterocycles. The number of nitrogens with zero attached hydrogens (tertiary/aromatic N) is 3. The number of halogens is 1. The van der Waals surface area contributed by atoms with Crippen molar-refractivity contribution in [2.24, 2.45) is 4.99 Å². The summed E-state index contributed by atoms with van der Waals surface area (Å²) in [5.41, 5.74) is 1.42. The normalized spacial score (nSPS) is 15.7. The van der Waals surface area contributed by atoms with Gasteiger partial charge in [0.1, 0.15) is 0 Å². The molecular formula is C22H40IN5O. The first kappa shape index (κ1) is 26.1. The van der Waals surface area contributed by atoms with Crippen molar-refractivity contribution in [3.63, 3.8) is 0 Å². The minimum absolute atomic E-state index is 0. The molecule has 1 fully saturated rings. The van der Waals surface area contributed by atoms with Crippen LogP contribution in [0.1, 0.15) is 31.7 Å². The maximum absolute atomic E-state index is 5.35. The van der Waals surface area contributed by atoms with Gasteiger partial charge in [-0.2, -0.15) is 0 Å². The van der Waals surface area contributed by atoms with Gasteiger partial charge in [0, 0.05) is 66.1 Å². The highest BCUT2D eigenvalue weighted by molar-refractivity contribution is 14.0. The second-order valence-corrected chi connectivity index (χ2v) is 7.29. The lowest BCUT2D eigenvalue weighted by Crippen LogP contribution is -2.46. The number of aliphatic imine (C=N–C) groups is 1. The number of ether oxygens (including phenoxy) is 1. The average molecular weight is 518 g/mol. The van der Waals surface area contributed by atoms with Crippen LogP contribution in [0.4, 0.5) is 0 Å². The summed E-state index contributed by atoms with van der Waals surface area (Å²) in [5.74, 6) is 0.894. The van der Waals surface area contributed by atoms with Gasteiger partial charge in [-0.25, -0.2) is 0 Å². The molecule has 1 aliphatic rings. The van der Waals surface area contributed by atoms with E-state index < -0.39 is 0 Å². The van der Waals surface area contributed by atoms with Gasteiger partial charge in [0.05, 0.1) is 0 Å². The van der Waals surface area contributed by atoms with E-state index in [-0.39, 0.29) is 24.0 Å². The van der Waals surface area contributed by atoms with Crippen molar-refractivity contribution in [3.8, 4) is 0 Å². The number of guanidine groups is 1. The van der Waals surface area contributed by atoms with Gasteiger partial charge in [0.25, 0.3) is 0 Å². The molecule has 0 saturated carbocycles. The molecule has 0 amide bonds. The van der Waals surface area contributed by atoms with Gasteiger partial charge in [0.15, 0.2) is 5.96 Å². The monoisotopic (exact) mass is 517 g/mol. The maximum Gasteiger partial charge on any atom is 0.190 e. The zero-order valence-corrected chi connectivity index (χ0v) is 20.6. The first-order valence-electron chi connectivity index (χ1n) is 10.8. The zero-order valence-electron chi connectivity index (χ0n) is 18.2. The van der Waals surface area contributed by atoms with Crippen LogP contribution in [0.3, 0.4) is 0 Å². The molecule has 1 heterocycles. The third-order valence-electron chi connectivity index (χ3n) is 5.09. The van der Waals surface area contributed by atoms with E-state index in [1.807, 2.05) is 14.0 Å². The molecule has 1 aromatic carbocycles. The van der Waals surface area contributed by atoms with Gasteiger partial charge in [-0.05, 0) is 38.3 Å². The molecule has 166 valence electrons. The molecule has 2 rings (SSSR count). The Balaban J connectivity index is 0.00000420. The van der Waals surface area contributed by atoms with Crippen molar-refractivity contribution in [3.05, 3.63) is 35.9 Å². The first-order chi connectivity index (χ1) is 13.8. The average Bonchev–Trinajstić information content (AvgIpc) is 2.74. The predicted molar refractivity (Wildman–Crippen MR) is 133 cm³/mol. The van der Waals surface area contributed by atoms with Crippen LogP contribution in [0.2, 0.25) is 0 Å². The van der Waals surface area contributed by atoms with Crippen molar-refractivity contribution in [1.82, 2.24) is 20.4 Å². The third kappa shape index (κ3) is 11.8. The fraction of sp³-hybridized carbons (Fsp3) is 0.682. The Morgan fingerprint density at radius 3 is 2.28 bits per heavy atom. The Kier molecular flexibility index (Phi) is 15.2. The number of nitrogens with one attached hydrogen (secondary N) is 2. The number of rotatable bonds is 12. The zero-order chi connectivity index (χ0) is 19.9. The van der Waals surface area contributed by atoms with E-state index in [9.17, 15) is 0 Å². The van der Waals surface area contributed by atoms with Gasteiger partial charge >= 0.3 is 0 Å². The van der Waals surface area contributed by atoms with Crippen LogP contribution in [0.5, 0.6) is 0 Å². The highest BCUT2D eigenvalue weighted by Crippen LogP contribution is 2.08. The first-order valence-corrected chi connectivity index (χ1v) is 10.8. The maximum atomic E-state index is 5.35. The van der Waals surface area contributed by atoms with Crippen LogP contribution in [-0.4, -0.2) is 81.8 Å². The largest absolute Gasteiger partial charge is 0.382 e. The Bertz CT molecular complexity index is 535. The van der Waals surface area contributed by atoms with E-state index in [1.54, 1.807) is 0 Å². The summed E-state index contributed by atoms with van der Waals surface area (Å²) < 4.78 is 5.35. The van der Waals surface area contributed by atoms with Crippen LogP contribution in [0.15, 0.2) is 35.3 Å². The molecule has 0 radical (unpaired) electrons. The van der Waals surface area contributed by atoms with Crippen molar-refractivity contribution in [1.29, 1.82) is 0 Å². The summed E-state index contributed by atoms with van der Waals surface area (Å²) in [7, 11) is 1.83. The van der Waals surface area contributed by atoms with Gasteiger partial charge in [-0.1, -0.05) is 30.3 Å². The summed E-state index contributed by atoms with van der Waals surface area (Å²) in [6.45, 7) is 12.5. The molecular weight excluding hydrogens is 477 g/mol. The summed E-state index contributed by atoms with van der Waals surface area (Å²) in [4.78, 5) is 9.44. The highest BCUT2D eigenvalue weighted by Gasteiger charge is 2.16. The van der Waals surface area contributed by atoms with Crippen LogP contribution in [0.25, 0.3) is 0 Å². The lowest BCUT2D eigenvalue weighted by molar-refractivity contribution is 0.126. The Hall–Kier alpha value is -0.900. The molecule has 1 aromatic rings.